The molecule has 4 rings (SSSR count). The van der Waals surface area contributed by atoms with Crippen LogP contribution in [-0.2, 0) is 15.3 Å². The largest absolute Gasteiger partial charge is 0.435 e. The van der Waals surface area contributed by atoms with Gasteiger partial charge in [-0.3, -0.25) is 4.79 Å². The fraction of sp³-hybridized carbons (Fsp3) is 0.296. The lowest BCUT2D eigenvalue weighted by Gasteiger charge is -2.29. The molecule has 1 atom stereocenters. The maximum atomic E-state index is 14.4. The molecular weight excluding hydrogens is 561 g/mol. The van der Waals surface area contributed by atoms with E-state index < -0.39 is 51.1 Å². The summed E-state index contributed by atoms with van der Waals surface area (Å²) < 4.78 is 57.2. The molecule has 0 bridgehead atoms. The van der Waals surface area contributed by atoms with Crippen LogP contribution in [0.4, 0.5) is 17.6 Å². The van der Waals surface area contributed by atoms with Crippen LogP contribution in [0.25, 0.3) is 10.8 Å². The Labute approximate surface area is 231 Å². The van der Waals surface area contributed by atoms with E-state index in [4.69, 9.17) is 32.9 Å². The normalized spacial score (nSPS) is 17.8. The van der Waals surface area contributed by atoms with E-state index in [9.17, 15) is 22.4 Å². The smallest absolute Gasteiger partial charge is 0.390 e. The van der Waals surface area contributed by atoms with Crippen molar-refractivity contribution in [3.05, 3.63) is 81.1 Å². The number of halogens is 6. The fourth-order valence-corrected chi connectivity index (χ4v) is 4.54. The third kappa shape index (κ3) is 5.81. The Kier molecular flexibility index (Phi) is 7.82. The molecule has 0 saturated carbocycles. The topological polar surface area (TPSA) is 72.3 Å². The molecule has 1 aliphatic rings. The Morgan fingerprint density at radius 3 is 2.38 bits per heavy atom. The maximum Gasteiger partial charge on any atom is 0.435 e. The highest BCUT2D eigenvalue weighted by molar-refractivity contribution is 6.35. The molecule has 0 saturated heterocycles. The number of alkyl halides is 3. The number of nitrogens with one attached hydrogen (secondary N) is 1. The number of benzene rings is 3. The van der Waals surface area contributed by atoms with E-state index in [0.29, 0.717) is 21.9 Å². The Morgan fingerprint density at radius 2 is 1.77 bits per heavy atom. The number of fused-ring (bicyclic) bond motifs is 1. The van der Waals surface area contributed by atoms with E-state index in [1.165, 1.54) is 18.3 Å². The van der Waals surface area contributed by atoms with E-state index >= 15 is 0 Å². The predicted octanol–water partition coefficient (Wildman–Crippen LogP) is 7.40. The van der Waals surface area contributed by atoms with Crippen molar-refractivity contribution in [3.8, 4) is 0 Å². The third-order valence-corrected chi connectivity index (χ3v) is 6.42. The minimum Gasteiger partial charge on any atom is -0.390 e. The van der Waals surface area contributed by atoms with Crippen LogP contribution in [0.1, 0.15) is 48.7 Å². The number of hydrogen-bond acceptors (Lipinski definition) is 5. The van der Waals surface area contributed by atoms with Gasteiger partial charge in [0.15, 0.2) is 5.82 Å². The van der Waals surface area contributed by atoms with Gasteiger partial charge in [-0.05, 0) is 49.7 Å². The minimum absolute atomic E-state index is 0.0153. The van der Waals surface area contributed by atoms with Gasteiger partial charge < -0.3 is 15.0 Å². The molecule has 0 aliphatic carbocycles. The van der Waals surface area contributed by atoms with Crippen molar-refractivity contribution in [1.29, 1.82) is 0 Å². The van der Waals surface area contributed by atoms with Gasteiger partial charge in [0.2, 0.25) is 0 Å². The summed E-state index contributed by atoms with van der Waals surface area (Å²) in [5.74, 6) is -1.45. The average Bonchev–Trinajstić information content (AvgIpc) is 3.32. The lowest BCUT2D eigenvalue weighted by Crippen LogP contribution is -2.42. The van der Waals surface area contributed by atoms with Crippen LogP contribution >= 0.6 is 23.2 Å². The summed E-state index contributed by atoms with van der Waals surface area (Å²) >= 11 is 11.6. The van der Waals surface area contributed by atoms with E-state index in [-0.39, 0.29) is 12.3 Å². The first-order valence-corrected chi connectivity index (χ1v) is 12.5. The number of carbonyl (C=O) groups is 1. The minimum atomic E-state index is -4.95. The van der Waals surface area contributed by atoms with Gasteiger partial charge in [0, 0.05) is 23.1 Å². The first-order valence-electron chi connectivity index (χ1n) is 11.7. The molecule has 1 N–H and O–H groups in total. The fourth-order valence-electron chi connectivity index (χ4n) is 4.05. The molecule has 1 amide bonds. The molecule has 206 valence electrons. The molecule has 0 spiro atoms. The molecule has 12 heteroatoms. The predicted molar refractivity (Wildman–Crippen MR) is 142 cm³/mol. The van der Waals surface area contributed by atoms with Gasteiger partial charge in [0.1, 0.15) is 5.60 Å². The van der Waals surface area contributed by atoms with Crippen molar-refractivity contribution in [2.45, 2.75) is 44.6 Å². The van der Waals surface area contributed by atoms with Gasteiger partial charge in [-0.25, -0.2) is 4.39 Å². The number of nitrogens with zero attached hydrogens (tertiary/aromatic N) is 2. The van der Waals surface area contributed by atoms with Crippen molar-refractivity contribution >= 4 is 51.8 Å². The summed E-state index contributed by atoms with van der Waals surface area (Å²) in [7, 11) is 0. The standard InChI is InChI=1S/C27H23Cl2F4N3O3/c1-25(2,3)38-35-11-10-34-24(37)19-9-8-18(16-6-4-5-7-17(16)19)22-14-26(39-36-22,27(31,32)33)15-12-20(28)23(30)21(29)13-15/h4-9,11-13H,10,14H2,1-3H3,(H,34,37)/b35-11+. The first-order chi connectivity index (χ1) is 18.2. The summed E-state index contributed by atoms with van der Waals surface area (Å²) in [6, 6.07) is 11.4. The van der Waals surface area contributed by atoms with Gasteiger partial charge in [-0.2, -0.15) is 13.2 Å². The Balaban J connectivity index is 1.65. The SMILES string of the molecule is CC(C)(C)O/N=C/CNC(=O)c1ccc(C2=NOC(c3cc(Cl)c(F)c(Cl)c3)(C(F)(F)F)C2)c2ccccc12. The monoisotopic (exact) mass is 583 g/mol. The molecule has 0 radical (unpaired) electrons. The van der Waals surface area contributed by atoms with E-state index in [1.807, 2.05) is 20.8 Å². The summed E-state index contributed by atoms with van der Waals surface area (Å²) in [4.78, 5) is 23.2. The van der Waals surface area contributed by atoms with Crippen LogP contribution in [0.15, 0.2) is 58.8 Å². The highest BCUT2D eigenvalue weighted by Gasteiger charge is 2.62. The molecule has 39 heavy (non-hydrogen) atoms. The molecule has 3 aromatic carbocycles. The maximum absolute atomic E-state index is 14.4. The number of carbonyl (C=O) groups excluding carboxylic acids is 1. The van der Waals surface area contributed by atoms with Crippen molar-refractivity contribution in [1.82, 2.24) is 5.32 Å². The Hall–Kier alpha value is -3.37. The first kappa shape index (κ1) is 28.6. The molecule has 3 aromatic rings. The quantitative estimate of drug-likeness (QED) is 0.142. The van der Waals surface area contributed by atoms with E-state index in [0.717, 1.165) is 12.1 Å². The molecule has 1 heterocycles. The second-order valence-corrected chi connectivity index (χ2v) is 10.6. The second-order valence-electron chi connectivity index (χ2n) is 9.79. The molecule has 1 aliphatic heterocycles. The summed E-state index contributed by atoms with van der Waals surface area (Å²) in [5, 5.41) is 10.1. The van der Waals surface area contributed by atoms with E-state index in [1.54, 1.807) is 24.3 Å². The van der Waals surface area contributed by atoms with Crippen LogP contribution < -0.4 is 5.32 Å². The highest BCUT2D eigenvalue weighted by atomic mass is 35.5. The molecule has 1 unspecified atom stereocenters. The summed E-state index contributed by atoms with van der Waals surface area (Å²) in [6.45, 7) is 5.60. The van der Waals surface area contributed by atoms with Gasteiger partial charge >= 0.3 is 6.18 Å². The Morgan fingerprint density at radius 1 is 1.13 bits per heavy atom. The van der Waals surface area contributed by atoms with Crippen LogP contribution in [0, 0.1) is 5.82 Å². The van der Waals surface area contributed by atoms with Crippen molar-refractivity contribution < 1.29 is 32.0 Å². The van der Waals surface area contributed by atoms with Crippen molar-refractivity contribution in [2.75, 3.05) is 6.54 Å². The molecule has 6 nitrogen and oxygen atoms in total. The zero-order chi connectivity index (χ0) is 28.6. The summed E-state index contributed by atoms with van der Waals surface area (Å²) in [6.07, 6.45) is -4.26. The molecule has 0 fully saturated rings. The van der Waals surface area contributed by atoms with Crippen molar-refractivity contribution in [2.24, 2.45) is 10.3 Å². The van der Waals surface area contributed by atoms with Crippen LogP contribution in [0.5, 0.6) is 0 Å². The third-order valence-electron chi connectivity index (χ3n) is 5.87. The molecule has 0 aromatic heterocycles. The van der Waals surface area contributed by atoms with Gasteiger partial charge in [-0.1, -0.05) is 63.8 Å². The van der Waals surface area contributed by atoms with Gasteiger partial charge in [-0.15, -0.1) is 0 Å². The van der Waals surface area contributed by atoms with Crippen LogP contribution in [0.2, 0.25) is 10.0 Å². The number of oxime groups is 2. The van der Waals surface area contributed by atoms with E-state index in [2.05, 4.69) is 15.6 Å². The second kappa shape index (κ2) is 10.7. The summed E-state index contributed by atoms with van der Waals surface area (Å²) in [5.41, 5.74) is -3.26. The zero-order valence-electron chi connectivity index (χ0n) is 21.0. The zero-order valence-corrected chi connectivity index (χ0v) is 22.5. The van der Waals surface area contributed by atoms with Crippen LogP contribution in [0.3, 0.4) is 0 Å². The number of rotatable bonds is 6. The molecular formula is C27H23Cl2F4N3O3. The van der Waals surface area contributed by atoms with Crippen LogP contribution in [-0.4, -0.2) is 36.2 Å². The Bertz CT molecular complexity index is 1460. The van der Waals surface area contributed by atoms with Gasteiger partial charge in [0.05, 0.1) is 28.5 Å². The van der Waals surface area contributed by atoms with Crippen molar-refractivity contribution in [3.63, 3.8) is 0 Å². The highest BCUT2D eigenvalue weighted by Crippen LogP contribution is 2.50. The lowest BCUT2D eigenvalue weighted by molar-refractivity contribution is -0.275. The van der Waals surface area contributed by atoms with Gasteiger partial charge in [0.25, 0.3) is 11.5 Å². The average molecular weight is 584 g/mol. The lowest BCUT2D eigenvalue weighted by atomic mass is 9.85. The number of hydrogen-bond donors (Lipinski definition) is 1. The number of amides is 1.